The van der Waals surface area contributed by atoms with Gasteiger partial charge in [-0.15, -0.1) is 0 Å². The van der Waals surface area contributed by atoms with Crippen LogP contribution in [0.2, 0.25) is 0 Å². The Hall–Kier alpha value is -1.39. The van der Waals surface area contributed by atoms with Crippen LogP contribution in [0.25, 0.3) is 0 Å². The van der Waals surface area contributed by atoms with Gasteiger partial charge in [-0.25, -0.2) is 0 Å². The van der Waals surface area contributed by atoms with Crippen LogP contribution in [0.3, 0.4) is 0 Å². The maximum atomic E-state index is 10.9. The second-order valence-corrected chi connectivity index (χ2v) is 5.70. The maximum Gasteiger partial charge on any atom is 0.307 e. The number of hydrogen-bond donors (Lipinski definition) is 1. The zero-order valence-electron chi connectivity index (χ0n) is 11.0. The van der Waals surface area contributed by atoms with Gasteiger partial charge in [0.15, 0.2) is 5.82 Å². The molecular formula is C12H20N2O3. The van der Waals surface area contributed by atoms with E-state index < -0.39 is 11.9 Å². The molecule has 17 heavy (non-hydrogen) atoms. The first-order valence-corrected chi connectivity index (χ1v) is 5.76. The number of aromatic nitrogens is 2. The summed E-state index contributed by atoms with van der Waals surface area (Å²) in [7, 11) is 0. The number of carbonyl (C=O) groups is 1. The Labute approximate surface area is 101 Å². The standard InChI is InChI=1S/C12H20N2O3/c1-7(8(2)11(15)16)10-13-9(14-17-10)6-12(3,4)5/h7-8H,6H2,1-5H3,(H,15,16). The van der Waals surface area contributed by atoms with Crippen LogP contribution in [0, 0.1) is 11.3 Å². The molecule has 0 fully saturated rings. The zero-order chi connectivity index (χ0) is 13.2. The van der Waals surface area contributed by atoms with Crippen molar-refractivity contribution in [1.82, 2.24) is 10.1 Å². The lowest BCUT2D eigenvalue weighted by molar-refractivity contribution is -0.141. The summed E-state index contributed by atoms with van der Waals surface area (Å²) < 4.78 is 5.12. The normalized spacial score (nSPS) is 15.6. The van der Waals surface area contributed by atoms with Gasteiger partial charge in [-0.3, -0.25) is 4.79 Å². The van der Waals surface area contributed by atoms with Crippen molar-refractivity contribution in [3.05, 3.63) is 11.7 Å². The third-order valence-corrected chi connectivity index (χ3v) is 2.70. The molecule has 5 nitrogen and oxygen atoms in total. The Kier molecular flexibility index (Phi) is 3.91. The second-order valence-electron chi connectivity index (χ2n) is 5.70. The third kappa shape index (κ3) is 3.84. The van der Waals surface area contributed by atoms with Crippen molar-refractivity contribution >= 4 is 5.97 Å². The first kappa shape index (κ1) is 13.7. The Balaban J connectivity index is 2.77. The highest BCUT2D eigenvalue weighted by atomic mass is 16.5. The van der Waals surface area contributed by atoms with Gasteiger partial charge in [-0.05, 0) is 5.41 Å². The molecule has 0 aromatic carbocycles. The molecule has 1 rings (SSSR count). The smallest absolute Gasteiger partial charge is 0.307 e. The molecule has 0 amide bonds. The van der Waals surface area contributed by atoms with Gasteiger partial charge in [-0.1, -0.05) is 39.8 Å². The molecule has 0 aliphatic heterocycles. The average molecular weight is 240 g/mol. The minimum Gasteiger partial charge on any atom is -0.481 e. The summed E-state index contributed by atoms with van der Waals surface area (Å²) in [5, 5.41) is 12.8. The molecule has 1 heterocycles. The third-order valence-electron chi connectivity index (χ3n) is 2.70. The summed E-state index contributed by atoms with van der Waals surface area (Å²) in [4.78, 5) is 15.1. The number of nitrogens with zero attached hydrogens (tertiary/aromatic N) is 2. The lowest BCUT2D eigenvalue weighted by atomic mass is 9.92. The van der Waals surface area contributed by atoms with E-state index in [1.54, 1.807) is 13.8 Å². The highest BCUT2D eigenvalue weighted by Crippen LogP contribution is 2.24. The van der Waals surface area contributed by atoms with Gasteiger partial charge in [0.1, 0.15) is 0 Å². The molecule has 5 heteroatoms. The predicted octanol–water partition coefficient (Wildman–Crippen LogP) is 2.48. The lowest BCUT2D eigenvalue weighted by Gasteiger charge is -2.14. The Bertz CT molecular complexity index is 393. The van der Waals surface area contributed by atoms with E-state index >= 15 is 0 Å². The van der Waals surface area contributed by atoms with Crippen molar-refractivity contribution in [2.45, 2.75) is 47.0 Å². The fourth-order valence-corrected chi connectivity index (χ4v) is 1.43. The molecule has 0 aliphatic carbocycles. The fraction of sp³-hybridized carbons (Fsp3) is 0.750. The monoisotopic (exact) mass is 240 g/mol. The van der Waals surface area contributed by atoms with E-state index in [1.807, 2.05) is 0 Å². The molecular weight excluding hydrogens is 220 g/mol. The number of aliphatic carboxylic acids is 1. The van der Waals surface area contributed by atoms with Crippen molar-refractivity contribution < 1.29 is 14.4 Å². The number of carboxylic acids is 1. The van der Waals surface area contributed by atoms with Crippen LogP contribution < -0.4 is 0 Å². The van der Waals surface area contributed by atoms with Crippen LogP contribution in [-0.4, -0.2) is 21.2 Å². The molecule has 0 saturated heterocycles. The summed E-state index contributed by atoms with van der Waals surface area (Å²) in [6.45, 7) is 9.69. The van der Waals surface area contributed by atoms with E-state index in [9.17, 15) is 4.79 Å². The van der Waals surface area contributed by atoms with Crippen molar-refractivity contribution in [3.63, 3.8) is 0 Å². The van der Waals surface area contributed by atoms with Gasteiger partial charge in [-0.2, -0.15) is 4.98 Å². The van der Waals surface area contributed by atoms with E-state index in [2.05, 4.69) is 30.9 Å². The van der Waals surface area contributed by atoms with Gasteiger partial charge < -0.3 is 9.63 Å². The van der Waals surface area contributed by atoms with E-state index in [-0.39, 0.29) is 11.3 Å². The maximum absolute atomic E-state index is 10.9. The van der Waals surface area contributed by atoms with E-state index in [4.69, 9.17) is 9.63 Å². The number of hydrogen-bond acceptors (Lipinski definition) is 4. The summed E-state index contributed by atoms with van der Waals surface area (Å²) in [6.07, 6.45) is 0.713. The van der Waals surface area contributed by atoms with Crippen molar-refractivity contribution in [2.24, 2.45) is 11.3 Å². The van der Waals surface area contributed by atoms with E-state index in [0.717, 1.165) is 0 Å². The Morgan fingerprint density at radius 3 is 2.47 bits per heavy atom. The number of rotatable bonds is 4. The first-order chi connectivity index (χ1) is 7.70. The zero-order valence-corrected chi connectivity index (χ0v) is 11.0. The van der Waals surface area contributed by atoms with Gasteiger partial charge >= 0.3 is 5.97 Å². The molecule has 0 radical (unpaired) electrons. The van der Waals surface area contributed by atoms with Crippen LogP contribution in [0.1, 0.15) is 52.3 Å². The number of carboxylic acid groups (broad SMARTS) is 1. The summed E-state index contributed by atoms with van der Waals surface area (Å²) >= 11 is 0. The molecule has 0 aliphatic rings. The second kappa shape index (κ2) is 4.85. The predicted molar refractivity (Wildman–Crippen MR) is 62.7 cm³/mol. The van der Waals surface area contributed by atoms with Crippen LogP contribution in [0.15, 0.2) is 4.52 Å². The van der Waals surface area contributed by atoms with Crippen LogP contribution >= 0.6 is 0 Å². The highest BCUT2D eigenvalue weighted by molar-refractivity contribution is 5.70. The van der Waals surface area contributed by atoms with Crippen molar-refractivity contribution in [3.8, 4) is 0 Å². The minimum absolute atomic E-state index is 0.0861. The molecule has 0 spiro atoms. The first-order valence-electron chi connectivity index (χ1n) is 5.76. The molecule has 0 saturated carbocycles. The fourth-order valence-electron chi connectivity index (χ4n) is 1.43. The van der Waals surface area contributed by atoms with Crippen LogP contribution in [-0.2, 0) is 11.2 Å². The van der Waals surface area contributed by atoms with Gasteiger partial charge in [0, 0.05) is 12.3 Å². The summed E-state index contributed by atoms with van der Waals surface area (Å²) in [5.41, 5.74) is 0.0861. The quantitative estimate of drug-likeness (QED) is 0.874. The van der Waals surface area contributed by atoms with Crippen molar-refractivity contribution in [1.29, 1.82) is 0 Å². The van der Waals surface area contributed by atoms with Gasteiger partial charge in [0.25, 0.3) is 0 Å². The molecule has 0 bridgehead atoms. The molecule has 1 aromatic rings. The molecule has 2 atom stereocenters. The summed E-state index contributed by atoms with van der Waals surface area (Å²) in [5.74, 6) is -0.615. The lowest BCUT2D eigenvalue weighted by Crippen LogP contribution is -2.17. The van der Waals surface area contributed by atoms with Crippen molar-refractivity contribution in [2.75, 3.05) is 0 Å². The average Bonchev–Trinajstić information content (AvgIpc) is 2.61. The molecule has 2 unspecified atom stereocenters. The van der Waals surface area contributed by atoms with Crippen LogP contribution in [0.4, 0.5) is 0 Å². The minimum atomic E-state index is -0.854. The van der Waals surface area contributed by atoms with E-state index in [1.165, 1.54) is 0 Å². The Morgan fingerprint density at radius 2 is 2.00 bits per heavy atom. The highest BCUT2D eigenvalue weighted by Gasteiger charge is 2.26. The summed E-state index contributed by atoms with van der Waals surface area (Å²) in [6, 6.07) is 0. The molecule has 1 aromatic heterocycles. The SMILES string of the molecule is CC(C(=O)O)C(C)c1nc(CC(C)(C)C)no1. The van der Waals surface area contributed by atoms with E-state index in [0.29, 0.717) is 18.1 Å². The van der Waals surface area contributed by atoms with Gasteiger partial charge in [0.05, 0.1) is 5.92 Å². The Morgan fingerprint density at radius 1 is 1.41 bits per heavy atom. The topological polar surface area (TPSA) is 76.2 Å². The molecule has 96 valence electrons. The van der Waals surface area contributed by atoms with Gasteiger partial charge in [0.2, 0.25) is 5.89 Å². The molecule has 1 N–H and O–H groups in total. The largest absolute Gasteiger partial charge is 0.481 e. The van der Waals surface area contributed by atoms with Crippen LogP contribution in [0.5, 0.6) is 0 Å².